The predicted molar refractivity (Wildman–Crippen MR) is 87.8 cm³/mol. The number of nitrogens with one attached hydrogen (secondary N) is 1. The summed E-state index contributed by atoms with van der Waals surface area (Å²) in [5.41, 5.74) is 0.573. The second-order valence-corrected chi connectivity index (χ2v) is 7.68. The van der Waals surface area contributed by atoms with Crippen molar-refractivity contribution in [2.75, 3.05) is 31.3 Å². The predicted octanol–water partition coefficient (Wildman–Crippen LogP) is 1.48. The summed E-state index contributed by atoms with van der Waals surface area (Å²) < 4.78 is 30.7. The van der Waals surface area contributed by atoms with Crippen molar-refractivity contribution in [3.05, 3.63) is 18.3 Å². The van der Waals surface area contributed by atoms with E-state index in [1.54, 1.807) is 12.1 Å². The van der Waals surface area contributed by atoms with Crippen LogP contribution in [-0.2, 0) is 14.8 Å². The Kier molecular flexibility index (Phi) is 5.95. The van der Waals surface area contributed by atoms with Gasteiger partial charge in [-0.3, -0.25) is 4.79 Å². The number of pyridine rings is 1. The molecule has 0 radical (unpaired) electrons. The Labute approximate surface area is 137 Å². The van der Waals surface area contributed by atoms with Crippen molar-refractivity contribution in [1.82, 2.24) is 9.29 Å². The number of hydrogen-bond acceptors (Lipinski definition) is 5. The lowest BCUT2D eigenvalue weighted by Crippen LogP contribution is -2.44. The van der Waals surface area contributed by atoms with Crippen molar-refractivity contribution >= 4 is 21.6 Å². The maximum Gasteiger partial charge on any atom is 0.228 e. The minimum Gasteiger partial charge on any atom is -0.481 e. The molecule has 1 aromatic rings. The molecule has 128 valence electrons. The monoisotopic (exact) mass is 341 g/mol. The van der Waals surface area contributed by atoms with Crippen LogP contribution in [0.15, 0.2) is 18.3 Å². The highest BCUT2D eigenvalue weighted by Gasteiger charge is 2.31. The number of piperidine rings is 1. The molecule has 0 aliphatic carbocycles. The molecular formula is C15H23N3O4S. The lowest BCUT2D eigenvalue weighted by Gasteiger charge is -2.31. The van der Waals surface area contributed by atoms with Crippen LogP contribution < -0.4 is 10.1 Å². The lowest BCUT2D eigenvalue weighted by atomic mass is 9.99. The SMILES string of the molecule is CCCS(=O)(=O)N1CCCC(C(=O)Nc2ccc(OC)nc2)C1. The Morgan fingerprint density at radius 1 is 1.48 bits per heavy atom. The van der Waals surface area contributed by atoms with E-state index in [4.69, 9.17) is 4.74 Å². The van der Waals surface area contributed by atoms with Crippen LogP contribution in [0.3, 0.4) is 0 Å². The second-order valence-electron chi connectivity index (χ2n) is 5.59. The molecule has 1 unspecified atom stereocenters. The van der Waals surface area contributed by atoms with Crippen LogP contribution in [0.1, 0.15) is 26.2 Å². The van der Waals surface area contributed by atoms with Gasteiger partial charge in [0.25, 0.3) is 0 Å². The Morgan fingerprint density at radius 3 is 2.87 bits per heavy atom. The molecular weight excluding hydrogens is 318 g/mol. The topological polar surface area (TPSA) is 88.6 Å². The van der Waals surface area contributed by atoms with E-state index < -0.39 is 10.0 Å². The van der Waals surface area contributed by atoms with Crippen molar-refractivity contribution < 1.29 is 17.9 Å². The summed E-state index contributed by atoms with van der Waals surface area (Å²) in [5, 5.41) is 2.79. The van der Waals surface area contributed by atoms with Gasteiger partial charge in [-0.15, -0.1) is 0 Å². The molecule has 1 fully saturated rings. The number of methoxy groups -OCH3 is 1. The number of carbonyl (C=O) groups excluding carboxylic acids is 1. The van der Waals surface area contributed by atoms with E-state index in [0.717, 1.165) is 0 Å². The minimum absolute atomic E-state index is 0.129. The Bertz CT molecular complexity index is 631. The summed E-state index contributed by atoms with van der Waals surface area (Å²) in [6.07, 6.45) is 3.48. The molecule has 1 aromatic heterocycles. The fourth-order valence-corrected chi connectivity index (χ4v) is 4.20. The van der Waals surface area contributed by atoms with Gasteiger partial charge >= 0.3 is 0 Å². The molecule has 0 aromatic carbocycles. The Balaban J connectivity index is 1.98. The molecule has 1 saturated heterocycles. The number of rotatable bonds is 6. The average molecular weight is 341 g/mol. The summed E-state index contributed by atoms with van der Waals surface area (Å²) in [6.45, 7) is 2.58. The maximum absolute atomic E-state index is 12.4. The molecule has 1 aliphatic heterocycles. The van der Waals surface area contributed by atoms with Gasteiger partial charge in [0, 0.05) is 19.2 Å². The zero-order chi connectivity index (χ0) is 16.9. The number of aromatic nitrogens is 1. The normalized spacial score (nSPS) is 19.3. The highest BCUT2D eigenvalue weighted by Crippen LogP contribution is 2.22. The third kappa shape index (κ3) is 4.65. The first-order valence-corrected chi connectivity index (χ1v) is 9.36. The van der Waals surface area contributed by atoms with Crippen LogP contribution in [0.2, 0.25) is 0 Å². The van der Waals surface area contributed by atoms with Crippen molar-refractivity contribution in [2.45, 2.75) is 26.2 Å². The maximum atomic E-state index is 12.4. The van der Waals surface area contributed by atoms with Gasteiger partial charge in [-0.25, -0.2) is 17.7 Å². The van der Waals surface area contributed by atoms with Crippen LogP contribution in [0.4, 0.5) is 5.69 Å². The molecule has 1 N–H and O–H groups in total. The van der Waals surface area contributed by atoms with Crippen LogP contribution in [0.5, 0.6) is 5.88 Å². The van der Waals surface area contributed by atoms with Gasteiger partial charge in [0.15, 0.2) is 0 Å². The summed E-state index contributed by atoms with van der Waals surface area (Å²) >= 11 is 0. The number of hydrogen-bond donors (Lipinski definition) is 1. The zero-order valence-electron chi connectivity index (χ0n) is 13.5. The molecule has 1 atom stereocenters. The largest absolute Gasteiger partial charge is 0.481 e. The summed E-state index contributed by atoms with van der Waals surface area (Å²) in [4.78, 5) is 16.4. The third-order valence-electron chi connectivity index (χ3n) is 3.82. The molecule has 1 aliphatic rings. The van der Waals surface area contributed by atoms with E-state index in [1.807, 2.05) is 6.92 Å². The van der Waals surface area contributed by atoms with E-state index in [-0.39, 0.29) is 24.1 Å². The van der Waals surface area contributed by atoms with E-state index in [0.29, 0.717) is 37.4 Å². The molecule has 1 amide bonds. The Morgan fingerprint density at radius 2 is 2.26 bits per heavy atom. The molecule has 0 bridgehead atoms. The van der Waals surface area contributed by atoms with Gasteiger partial charge < -0.3 is 10.1 Å². The van der Waals surface area contributed by atoms with Crippen molar-refractivity contribution in [3.8, 4) is 5.88 Å². The quantitative estimate of drug-likeness (QED) is 0.847. The molecule has 2 heterocycles. The number of amides is 1. The third-order valence-corrected chi connectivity index (χ3v) is 5.87. The van der Waals surface area contributed by atoms with Gasteiger partial charge in [0.05, 0.1) is 30.7 Å². The number of nitrogens with zero attached hydrogens (tertiary/aromatic N) is 2. The summed E-state index contributed by atoms with van der Waals surface area (Å²) in [6, 6.07) is 3.37. The lowest BCUT2D eigenvalue weighted by molar-refractivity contribution is -0.120. The van der Waals surface area contributed by atoms with Gasteiger partial charge in [-0.2, -0.15) is 0 Å². The first-order chi connectivity index (χ1) is 11.0. The molecule has 0 spiro atoms. The van der Waals surface area contributed by atoms with Crippen molar-refractivity contribution in [1.29, 1.82) is 0 Å². The standard InChI is InChI=1S/C15H23N3O4S/c1-3-9-23(20,21)18-8-4-5-12(11-18)15(19)17-13-6-7-14(22-2)16-10-13/h6-7,10,12H,3-5,8-9,11H2,1-2H3,(H,17,19). The molecule has 8 heteroatoms. The average Bonchev–Trinajstić information content (AvgIpc) is 2.55. The molecule has 7 nitrogen and oxygen atoms in total. The minimum atomic E-state index is -3.26. The zero-order valence-corrected chi connectivity index (χ0v) is 14.3. The molecule has 0 saturated carbocycles. The van der Waals surface area contributed by atoms with Crippen molar-refractivity contribution in [2.24, 2.45) is 5.92 Å². The van der Waals surface area contributed by atoms with Crippen LogP contribution >= 0.6 is 0 Å². The highest BCUT2D eigenvalue weighted by molar-refractivity contribution is 7.89. The smallest absolute Gasteiger partial charge is 0.228 e. The number of anilines is 1. The number of sulfonamides is 1. The van der Waals surface area contributed by atoms with Crippen molar-refractivity contribution in [3.63, 3.8) is 0 Å². The molecule has 2 rings (SSSR count). The fourth-order valence-electron chi connectivity index (χ4n) is 2.62. The van der Waals surface area contributed by atoms with E-state index in [1.165, 1.54) is 17.6 Å². The number of ether oxygens (including phenoxy) is 1. The second kappa shape index (κ2) is 7.74. The van der Waals surface area contributed by atoms with E-state index in [2.05, 4.69) is 10.3 Å². The van der Waals surface area contributed by atoms with Gasteiger partial charge in [0.1, 0.15) is 0 Å². The van der Waals surface area contributed by atoms with Crippen LogP contribution in [-0.4, -0.2) is 49.6 Å². The van der Waals surface area contributed by atoms with Crippen LogP contribution in [0.25, 0.3) is 0 Å². The molecule has 23 heavy (non-hydrogen) atoms. The van der Waals surface area contributed by atoms with Gasteiger partial charge in [-0.05, 0) is 25.3 Å². The van der Waals surface area contributed by atoms with Crippen LogP contribution in [0, 0.1) is 5.92 Å². The number of carbonyl (C=O) groups is 1. The van der Waals surface area contributed by atoms with E-state index >= 15 is 0 Å². The summed E-state index contributed by atoms with van der Waals surface area (Å²) in [5.74, 6) is 0.0901. The summed E-state index contributed by atoms with van der Waals surface area (Å²) in [7, 11) is -1.74. The first kappa shape index (κ1) is 17.7. The first-order valence-electron chi connectivity index (χ1n) is 7.75. The van der Waals surface area contributed by atoms with Gasteiger partial charge in [0.2, 0.25) is 21.8 Å². The van der Waals surface area contributed by atoms with E-state index in [9.17, 15) is 13.2 Å². The highest BCUT2D eigenvalue weighted by atomic mass is 32.2. The van der Waals surface area contributed by atoms with Gasteiger partial charge in [-0.1, -0.05) is 6.92 Å². The fraction of sp³-hybridized carbons (Fsp3) is 0.600. The Hall–Kier alpha value is -1.67.